The zero-order valence-electron chi connectivity index (χ0n) is 9.49. The lowest BCUT2D eigenvalue weighted by Gasteiger charge is -2.10. The number of pyridine rings is 1. The first kappa shape index (κ1) is 13.4. The van der Waals surface area contributed by atoms with Gasteiger partial charge in [0.25, 0.3) is 0 Å². The lowest BCUT2D eigenvalue weighted by molar-refractivity contribution is 0.587. The zero-order chi connectivity index (χ0) is 12.3. The van der Waals surface area contributed by atoms with Crippen LogP contribution in [-0.2, 0) is 10.0 Å². The maximum Gasteiger partial charge on any atom is 0.233 e. The summed E-state index contributed by atoms with van der Waals surface area (Å²) in [7, 11) is -3.27. The third kappa shape index (κ3) is 4.09. The topological polar surface area (TPSA) is 59.1 Å². The summed E-state index contributed by atoms with van der Waals surface area (Å²) in [5.74, 6) is 0.212. The number of rotatable bonds is 4. The van der Waals surface area contributed by atoms with E-state index in [2.05, 4.69) is 25.6 Å². The van der Waals surface area contributed by atoms with Gasteiger partial charge in [0.05, 0.1) is 17.6 Å². The number of hydrogen-bond donors (Lipinski definition) is 1. The summed E-state index contributed by atoms with van der Waals surface area (Å²) in [5.41, 5.74) is 1.39. The van der Waals surface area contributed by atoms with Crippen LogP contribution in [0.3, 0.4) is 0 Å². The summed E-state index contributed by atoms with van der Waals surface area (Å²) in [5, 5.41) is 0. The maximum atomic E-state index is 11.7. The normalized spacial score (nSPS) is 11.8. The van der Waals surface area contributed by atoms with Crippen LogP contribution in [-0.4, -0.2) is 19.2 Å². The van der Waals surface area contributed by atoms with Crippen LogP contribution in [0.5, 0.6) is 0 Å². The molecule has 0 bridgehead atoms. The van der Waals surface area contributed by atoms with Gasteiger partial charge in [0.15, 0.2) is 0 Å². The molecule has 0 unspecified atom stereocenters. The largest absolute Gasteiger partial charge is 0.282 e. The molecule has 0 atom stereocenters. The van der Waals surface area contributed by atoms with Gasteiger partial charge in [-0.1, -0.05) is 13.8 Å². The van der Waals surface area contributed by atoms with Crippen LogP contribution < -0.4 is 4.72 Å². The molecule has 0 fully saturated rings. The molecular formula is C10H15BrN2O2S. The molecule has 1 heterocycles. The van der Waals surface area contributed by atoms with E-state index >= 15 is 0 Å². The van der Waals surface area contributed by atoms with Gasteiger partial charge < -0.3 is 0 Å². The number of aromatic nitrogens is 1. The average molecular weight is 307 g/mol. The molecule has 0 amide bonds. The quantitative estimate of drug-likeness (QED) is 0.870. The Bertz CT molecular complexity index is 472. The molecule has 1 N–H and O–H groups in total. The van der Waals surface area contributed by atoms with Gasteiger partial charge in [-0.05, 0) is 40.4 Å². The summed E-state index contributed by atoms with van der Waals surface area (Å²) < 4.78 is 26.5. The molecule has 90 valence electrons. The Hall–Kier alpha value is -0.620. The lowest BCUT2D eigenvalue weighted by Crippen LogP contribution is -2.20. The first-order chi connectivity index (χ1) is 7.30. The standard InChI is InChI=1S/C10H15BrN2O2S/c1-7(2)6-16(14,15)13-9-4-8(3)10(11)12-5-9/h4-5,7,13H,6H2,1-3H3. The van der Waals surface area contributed by atoms with E-state index < -0.39 is 10.0 Å². The third-order valence-corrected chi connectivity index (χ3v) is 4.32. The van der Waals surface area contributed by atoms with Crippen LogP contribution in [0.1, 0.15) is 19.4 Å². The first-order valence-electron chi connectivity index (χ1n) is 4.93. The van der Waals surface area contributed by atoms with E-state index in [1.807, 2.05) is 20.8 Å². The second kappa shape index (κ2) is 5.14. The fourth-order valence-electron chi connectivity index (χ4n) is 1.27. The first-order valence-corrected chi connectivity index (χ1v) is 7.37. The fraction of sp³-hybridized carbons (Fsp3) is 0.500. The molecule has 0 spiro atoms. The van der Waals surface area contributed by atoms with Crippen molar-refractivity contribution in [3.63, 3.8) is 0 Å². The van der Waals surface area contributed by atoms with Gasteiger partial charge in [0.1, 0.15) is 4.60 Å². The number of sulfonamides is 1. The molecule has 4 nitrogen and oxygen atoms in total. The molecule has 1 aromatic heterocycles. The van der Waals surface area contributed by atoms with Crippen molar-refractivity contribution in [2.75, 3.05) is 10.5 Å². The average Bonchev–Trinajstić information content (AvgIpc) is 2.08. The molecule has 0 aliphatic rings. The summed E-state index contributed by atoms with van der Waals surface area (Å²) in [6.07, 6.45) is 1.50. The number of nitrogens with one attached hydrogen (secondary N) is 1. The number of anilines is 1. The van der Waals surface area contributed by atoms with Crippen molar-refractivity contribution in [2.45, 2.75) is 20.8 Å². The van der Waals surface area contributed by atoms with Gasteiger partial charge in [0, 0.05) is 0 Å². The predicted octanol–water partition coefficient (Wildman–Crippen LogP) is 2.55. The van der Waals surface area contributed by atoms with Crippen molar-refractivity contribution in [2.24, 2.45) is 5.92 Å². The van der Waals surface area contributed by atoms with Crippen molar-refractivity contribution in [3.05, 3.63) is 22.4 Å². The van der Waals surface area contributed by atoms with Gasteiger partial charge in [0.2, 0.25) is 10.0 Å². The third-order valence-electron chi connectivity index (χ3n) is 1.84. The van der Waals surface area contributed by atoms with E-state index in [-0.39, 0.29) is 11.7 Å². The van der Waals surface area contributed by atoms with E-state index in [0.717, 1.165) is 10.2 Å². The van der Waals surface area contributed by atoms with Crippen LogP contribution in [0, 0.1) is 12.8 Å². The van der Waals surface area contributed by atoms with Gasteiger partial charge >= 0.3 is 0 Å². The lowest BCUT2D eigenvalue weighted by atomic mass is 10.3. The second-order valence-electron chi connectivity index (χ2n) is 4.11. The molecular weight excluding hydrogens is 292 g/mol. The van der Waals surface area contributed by atoms with Crippen molar-refractivity contribution in [1.82, 2.24) is 4.98 Å². The van der Waals surface area contributed by atoms with Gasteiger partial charge in [-0.15, -0.1) is 0 Å². The van der Waals surface area contributed by atoms with Crippen molar-refractivity contribution in [1.29, 1.82) is 0 Å². The highest BCUT2D eigenvalue weighted by Gasteiger charge is 2.13. The molecule has 0 radical (unpaired) electrons. The number of hydrogen-bond acceptors (Lipinski definition) is 3. The highest BCUT2D eigenvalue weighted by molar-refractivity contribution is 9.10. The summed E-state index contributed by atoms with van der Waals surface area (Å²) in [6.45, 7) is 5.59. The molecule has 0 aliphatic carbocycles. The minimum Gasteiger partial charge on any atom is -0.282 e. The summed E-state index contributed by atoms with van der Waals surface area (Å²) in [4.78, 5) is 4.03. The highest BCUT2D eigenvalue weighted by Crippen LogP contribution is 2.18. The molecule has 1 aromatic rings. The Balaban J connectivity index is 2.84. The minimum absolute atomic E-state index is 0.0991. The minimum atomic E-state index is -3.27. The Morgan fingerprint density at radius 2 is 2.12 bits per heavy atom. The van der Waals surface area contributed by atoms with Crippen LogP contribution in [0.2, 0.25) is 0 Å². The molecule has 0 aromatic carbocycles. The smallest absolute Gasteiger partial charge is 0.233 e. The molecule has 6 heteroatoms. The Kier molecular flexibility index (Phi) is 4.32. The number of nitrogens with zero attached hydrogens (tertiary/aromatic N) is 1. The van der Waals surface area contributed by atoms with Crippen molar-refractivity contribution >= 4 is 31.6 Å². The monoisotopic (exact) mass is 306 g/mol. The summed E-state index contributed by atoms with van der Waals surface area (Å²) in [6, 6.07) is 1.74. The molecule has 0 aliphatic heterocycles. The number of halogens is 1. The molecule has 0 saturated heterocycles. The number of aryl methyl sites for hydroxylation is 1. The van der Waals surface area contributed by atoms with Gasteiger partial charge in [-0.25, -0.2) is 13.4 Å². The Labute approximate surface area is 105 Å². The van der Waals surface area contributed by atoms with Crippen LogP contribution >= 0.6 is 15.9 Å². The van der Waals surface area contributed by atoms with E-state index in [0.29, 0.717) is 5.69 Å². The Morgan fingerprint density at radius 3 is 2.62 bits per heavy atom. The molecule has 16 heavy (non-hydrogen) atoms. The van der Waals surface area contributed by atoms with Crippen LogP contribution in [0.4, 0.5) is 5.69 Å². The highest BCUT2D eigenvalue weighted by atomic mass is 79.9. The maximum absolute atomic E-state index is 11.7. The van der Waals surface area contributed by atoms with E-state index in [1.165, 1.54) is 6.20 Å². The zero-order valence-corrected chi connectivity index (χ0v) is 11.9. The molecule has 1 rings (SSSR count). The summed E-state index contributed by atoms with van der Waals surface area (Å²) >= 11 is 3.26. The van der Waals surface area contributed by atoms with Crippen molar-refractivity contribution < 1.29 is 8.42 Å². The Morgan fingerprint density at radius 1 is 1.50 bits per heavy atom. The van der Waals surface area contributed by atoms with E-state index in [9.17, 15) is 8.42 Å². The van der Waals surface area contributed by atoms with Crippen molar-refractivity contribution in [3.8, 4) is 0 Å². The van der Waals surface area contributed by atoms with E-state index in [1.54, 1.807) is 6.07 Å². The van der Waals surface area contributed by atoms with E-state index in [4.69, 9.17) is 0 Å². The van der Waals surface area contributed by atoms with Gasteiger partial charge in [-0.3, -0.25) is 4.72 Å². The van der Waals surface area contributed by atoms with Crippen LogP contribution in [0.15, 0.2) is 16.9 Å². The predicted molar refractivity (Wildman–Crippen MR) is 68.9 cm³/mol. The van der Waals surface area contributed by atoms with Gasteiger partial charge in [-0.2, -0.15) is 0 Å². The second-order valence-corrected chi connectivity index (χ2v) is 6.63. The molecule has 0 saturated carbocycles. The fourth-order valence-corrected chi connectivity index (χ4v) is 2.92. The van der Waals surface area contributed by atoms with Crippen LogP contribution in [0.25, 0.3) is 0 Å². The SMILES string of the molecule is Cc1cc(NS(=O)(=O)CC(C)C)cnc1Br.